The Morgan fingerprint density at radius 3 is 2.93 bits per heavy atom. The van der Waals surface area contributed by atoms with E-state index in [9.17, 15) is 9.59 Å². The van der Waals surface area contributed by atoms with E-state index in [1.165, 1.54) is 11.8 Å². The summed E-state index contributed by atoms with van der Waals surface area (Å²) in [6, 6.07) is 7.34. The summed E-state index contributed by atoms with van der Waals surface area (Å²) >= 11 is 2.88. The minimum absolute atomic E-state index is 0.00134. The molecule has 1 amide bonds. The molecular formula is C19H23N3O3S2. The molecule has 8 heteroatoms. The molecule has 0 spiro atoms. The summed E-state index contributed by atoms with van der Waals surface area (Å²) in [6.07, 6.45) is 0.793. The van der Waals surface area contributed by atoms with Gasteiger partial charge in [0, 0.05) is 18.2 Å². The lowest BCUT2D eigenvalue weighted by Crippen LogP contribution is -2.25. The summed E-state index contributed by atoms with van der Waals surface area (Å²) < 4.78 is 7.18. The van der Waals surface area contributed by atoms with Crippen molar-refractivity contribution in [1.29, 1.82) is 0 Å². The minimum Gasteiger partial charge on any atom is -0.492 e. The van der Waals surface area contributed by atoms with Gasteiger partial charge in [0.2, 0.25) is 5.91 Å². The van der Waals surface area contributed by atoms with E-state index in [0.717, 1.165) is 17.0 Å². The van der Waals surface area contributed by atoms with Crippen LogP contribution in [0.15, 0.2) is 39.1 Å². The van der Waals surface area contributed by atoms with Crippen LogP contribution in [-0.4, -0.2) is 33.1 Å². The van der Waals surface area contributed by atoms with Gasteiger partial charge in [-0.3, -0.25) is 14.2 Å². The smallest absolute Gasteiger partial charge is 0.268 e. The number of nitrogens with zero attached hydrogens (tertiary/aromatic N) is 2. The van der Waals surface area contributed by atoms with E-state index in [1.54, 1.807) is 16.3 Å². The van der Waals surface area contributed by atoms with Gasteiger partial charge in [-0.25, -0.2) is 4.98 Å². The van der Waals surface area contributed by atoms with Crippen LogP contribution in [0.1, 0.15) is 26.5 Å². The fourth-order valence-electron chi connectivity index (χ4n) is 2.89. The molecule has 1 aliphatic heterocycles. The summed E-state index contributed by atoms with van der Waals surface area (Å²) in [4.78, 5) is 30.5. The Balaban J connectivity index is 1.72. The first-order valence-corrected chi connectivity index (χ1v) is 10.8. The molecule has 3 rings (SSSR count). The molecule has 0 saturated heterocycles. The number of benzene rings is 1. The highest BCUT2D eigenvalue weighted by Crippen LogP contribution is 2.34. The number of anilines is 1. The predicted molar refractivity (Wildman–Crippen MR) is 110 cm³/mol. The van der Waals surface area contributed by atoms with E-state index in [2.05, 4.69) is 17.2 Å². The largest absolute Gasteiger partial charge is 0.492 e. The van der Waals surface area contributed by atoms with Gasteiger partial charge < -0.3 is 10.1 Å². The van der Waals surface area contributed by atoms with Gasteiger partial charge in [0.15, 0.2) is 5.16 Å². The zero-order valence-electron chi connectivity index (χ0n) is 15.7. The van der Waals surface area contributed by atoms with Crippen LogP contribution in [0, 0.1) is 0 Å². The zero-order valence-corrected chi connectivity index (χ0v) is 17.3. The number of carbonyl (C=O) groups excluding carboxylic acids is 1. The van der Waals surface area contributed by atoms with Crippen molar-refractivity contribution < 1.29 is 9.53 Å². The van der Waals surface area contributed by atoms with Gasteiger partial charge in [-0.2, -0.15) is 0 Å². The van der Waals surface area contributed by atoms with Gasteiger partial charge in [0.1, 0.15) is 5.75 Å². The molecule has 0 unspecified atom stereocenters. The summed E-state index contributed by atoms with van der Waals surface area (Å²) in [6.45, 7) is 6.97. The SMILES string of the molecule is CCOc1ccccc1NC(=O)CSc1nc2c(c(=O)n1CC)S[C@H](C)C2. The van der Waals surface area contributed by atoms with E-state index in [1.807, 2.05) is 38.1 Å². The lowest BCUT2D eigenvalue weighted by atomic mass is 10.2. The summed E-state index contributed by atoms with van der Waals surface area (Å²) in [5.74, 6) is 0.659. The third-order valence-electron chi connectivity index (χ3n) is 4.07. The van der Waals surface area contributed by atoms with Gasteiger partial charge >= 0.3 is 0 Å². The van der Waals surface area contributed by atoms with Crippen molar-refractivity contribution in [2.24, 2.45) is 0 Å². The number of fused-ring (bicyclic) bond motifs is 1. The van der Waals surface area contributed by atoms with E-state index in [-0.39, 0.29) is 17.2 Å². The highest BCUT2D eigenvalue weighted by Gasteiger charge is 2.26. The standard InChI is InChI=1S/C19H23N3O3S2/c1-4-22-18(24)17-14(10-12(3)27-17)21-19(22)26-11-16(23)20-13-8-6-7-9-15(13)25-5-2/h6-9,12H,4-5,10-11H2,1-3H3,(H,20,23)/t12-/m1/s1. The topological polar surface area (TPSA) is 73.2 Å². The van der Waals surface area contributed by atoms with E-state index in [0.29, 0.717) is 35.0 Å². The van der Waals surface area contributed by atoms with Crippen molar-refractivity contribution in [3.05, 3.63) is 40.3 Å². The van der Waals surface area contributed by atoms with Crippen LogP contribution in [0.25, 0.3) is 0 Å². The van der Waals surface area contributed by atoms with Crippen molar-refractivity contribution in [3.8, 4) is 5.75 Å². The molecule has 1 aromatic heterocycles. The number of rotatable bonds is 7. The lowest BCUT2D eigenvalue weighted by molar-refractivity contribution is -0.113. The molecule has 1 aromatic carbocycles. The minimum atomic E-state index is -0.160. The Hall–Kier alpha value is -1.93. The molecule has 0 radical (unpaired) electrons. The second-order valence-electron chi connectivity index (χ2n) is 6.12. The molecule has 27 heavy (non-hydrogen) atoms. The average molecular weight is 406 g/mol. The number of aromatic nitrogens is 2. The Morgan fingerprint density at radius 1 is 1.41 bits per heavy atom. The number of nitrogens with one attached hydrogen (secondary N) is 1. The lowest BCUT2D eigenvalue weighted by Gasteiger charge is -2.13. The highest BCUT2D eigenvalue weighted by molar-refractivity contribution is 8.00. The highest BCUT2D eigenvalue weighted by atomic mass is 32.2. The fraction of sp³-hybridized carbons (Fsp3) is 0.421. The van der Waals surface area contributed by atoms with Crippen molar-refractivity contribution in [2.45, 2.75) is 49.0 Å². The Kier molecular flexibility index (Phi) is 6.49. The van der Waals surface area contributed by atoms with Crippen molar-refractivity contribution >= 4 is 35.1 Å². The fourth-order valence-corrected chi connectivity index (χ4v) is 4.88. The maximum Gasteiger partial charge on any atom is 0.268 e. The second-order valence-corrected chi connectivity index (χ2v) is 8.51. The third kappa shape index (κ3) is 4.50. The molecule has 0 aliphatic carbocycles. The van der Waals surface area contributed by atoms with Crippen LogP contribution in [0.3, 0.4) is 0 Å². The Morgan fingerprint density at radius 2 is 2.19 bits per heavy atom. The van der Waals surface area contributed by atoms with Gasteiger partial charge in [0.05, 0.1) is 28.6 Å². The molecule has 1 N–H and O–H groups in total. The number of para-hydroxylation sites is 2. The monoisotopic (exact) mass is 405 g/mol. The number of ether oxygens (including phenoxy) is 1. The molecular weight excluding hydrogens is 382 g/mol. The number of hydrogen-bond donors (Lipinski definition) is 1. The van der Waals surface area contributed by atoms with Crippen LogP contribution in [0.2, 0.25) is 0 Å². The first kappa shape index (κ1) is 19.8. The second kappa shape index (κ2) is 8.84. The molecule has 0 fully saturated rings. The van der Waals surface area contributed by atoms with Gasteiger partial charge in [0.25, 0.3) is 5.56 Å². The number of amides is 1. The molecule has 1 aliphatic rings. The van der Waals surface area contributed by atoms with Gasteiger partial charge in [-0.1, -0.05) is 30.8 Å². The van der Waals surface area contributed by atoms with E-state index < -0.39 is 0 Å². The zero-order chi connectivity index (χ0) is 19.4. The van der Waals surface area contributed by atoms with Crippen molar-refractivity contribution in [1.82, 2.24) is 9.55 Å². The normalized spacial score (nSPS) is 15.4. The van der Waals surface area contributed by atoms with Gasteiger partial charge in [-0.15, -0.1) is 11.8 Å². The molecule has 144 valence electrons. The number of thioether (sulfide) groups is 2. The van der Waals surface area contributed by atoms with Crippen LogP contribution in [0.4, 0.5) is 5.69 Å². The Labute approximate surface area is 167 Å². The maximum atomic E-state index is 12.7. The average Bonchev–Trinajstić information content (AvgIpc) is 3.02. The molecule has 1 atom stereocenters. The summed E-state index contributed by atoms with van der Waals surface area (Å²) in [7, 11) is 0. The van der Waals surface area contributed by atoms with Crippen molar-refractivity contribution in [2.75, 3.05) is 17.7 Å². The number of hydrogen-bond acceptors (Lipinski definition) is 6. The van der Waals surface area contributed by atoms with Gasteiger partial charge in [-0.05, 0) is 26.0 Å². The summed E-state index contributed by atoms with van der Waals surface area (Å²) in [5, 5.41) is 3.84. The first-order valence-electron chi connectivity index (χ1n) is 8.98. The van der Waals surface area contributed by atoms with E-state index >= 15 is 0 Å². The predicted octanol–water partition coefficient (Wildman–Crippen LogP) is 3.43. The molecule has 2 heterocycles. The molecule has 0 saturated carbocycles. The number of carbonyl (C=O) groups is 1. The van der Waals surface area contributed by atoms with Crippen LogP contribution in [0.5, 0.6) is 5.75 Å². The van der Waals surface area contributed by atoms with E-state index in [4.69, 9.17) is 4.74 Å². The van der Waals surface area contributed by atoms with Crippen molar-refractivity contribution in [3.63, 3.8) is 0 Å². The molecule has 6 nitrogen and oxygen atoms in total. The van der Waals surface area contributed by atoms with Crippen LogP contribution in [-0.2, 0) is 17.8 Å². The maximum absolute atomic E-state index is 12.7. The Bertz CT molecular complexity index is 898. The first-order chi connectivity index (χ1) is 13.0. The third-order valence-corrected chi connectivity index (χ3v) is 6.26. The van der Waals surface area contributed by atoms with Crippen LogP contribution < -0.4 is 15.6 Å². The summed E-state index contributed by atoms with van der Waals surface area (Å²) in [5.41, 5.74) is 1.50. The molecule has 2 aromatic rings. The molecule has 0 bridgehead atoms. The quantitative estimate of drug-likeness (QED) is 0.562. The van der Waals surface area contributed by atoms with Crippen LogP contribution >= 0.6 is 23.5 Å².